The van der Waals surface area contributed by atoms with Gasteiger partial charge in [-0.05, 0) is 55.7 Å². The monoisotopic (exact) mass is 465 g/mol. The molecule has 0 saturated carbocycles. The summed E-state index contributed by atoms with van der Waals surface area (Å²) in [5.74, 6) is 0.781. The Morgan fingerprint density at radius 3 is 2.63 bits per heavy atom. The van der Waals surface area contributed by atoms with E-state index >= 15 is 0 Å². The van der Waals surface area contributed by atoms with Crippen molar-refractivity contribution in [2.24, 2.45) is 0 Å². The Balaban J connectivity index is 0.00000320. The third-order valence-corrected chi connectivity index (χ3v) is 6.50. The molecule has 0 aliphatic rings. The minimum atomic E-state index is -0.0466. The Bertz CT molecular complexity index is 953. The number of thiophene rings is 1. The number of amides is 1. The van der Waals surface area contributed by atoms with Crippen LogP contribution >= 0.6 is 35.1 Å². The quantitative estimate of drug-likeness (QED) is 0.367. The zero-order chi connectivity index (χ0) is 20.6. The number of hydrogen-bond donors (Lipinski definition) is 0. The van der Waals surface area contributed by atoms with E-state index in [0.717, 1.165) is 45.6 Å². The first-order valence-electron chi connectivity index (χ1n) is 9.93. The number of carbonyl (C=O) groups excluding carboxylic acids is 1. The van der Waals surface area contributed by atoms with Gasteiger partial charge in [0.1, 0.15) is 5.75 Å². The van der Waals surface area contributed by atoms with Crippen molar-refractivity contribution in [1.29, 1.82) is 0 Å². The van der Waals surface area contributed by atoms with E-state index in [-0.39, 0.29) is 18.3 Å². The molecule has 0 N–H and O–H groups in total. The van der Waals surface area contributed by atoms with Crippen LogP contribution in [0.1, 0.15) is 25.6 Å². The van der Waals surface area contributed by atoms with Gasteiger partial charge in [0.05, 0.1) is 16.8 Å². The molecule has 0 saturated heterocycles. The van der Waals surface area contributed by atoms with Crippen molar-refractivity contribution in [3.05, 3.63) is 46.7 Å². The van der Waals surface area contributed by atoms with Gasteiger partial charge < -0.3 is 9.64 Å². The highest BCUT2D eigenvalue weighted by atomic mass is 35.5. The molecule has 0 aliphatic heterocycles. The van der Waals surface area contributed by atoms with Gasteiger partial charge >= 0.3 is 0 Å². The lowest BCUT2D eigenvalue weighted by Gasteiger charge is -2.23. The lowest BCUT2D eigenvalue weighted by atomic mass is 10.3. The molecule has 5 nitrogen and oxygen atoms in total. The predicted molar refractivity (Wildman–Crippen MR) is 132 cm³/mol. The summed E-state index contributed by atoms with van der Waals surface area (Å²) < 4.78 is 6.62. The van der Waals surface area contributed by atoms with Crippen LogP contribution in [0.3, 0.4) is 0 Å². The van der Waals surface area contributed by atoms with E-state index < -0.39 is 0 Å². The minimum absolute atomic E-state index is 0. The first-order valence-corrected chi connectivity index (χ1v) is 11.6. The Morgan fingerprint density at radius 1 is 1.17 bits per heavy atom. The number of likely N-dealkylation sites (N-methyl/N-ethyl adjacent to an activating group) is 1. The summed E-state index contributed by atoms with van der Waals surface area (Å²) in [5, 5.41) is 2.73. The van der Waals surface area contributed by atoms with Crippen molar-refractivity contribution in [3.8, 4) is 5.75 Å². The molecule has 0 radical (unpaired) electrons. The van der Waals surface area contributed by atoms with Gasteiger partial charge in [0, 0.05) is 24.0 Å². The SMILES string of the molecule is CCOc1ccc2nc(N(CCN(CC)CC)C(=O)/C=C/c3cccs3)sc2c1.Cl. The molecule has 0 fully saturated rings. The lowest BCUT2D eigenvalue weighted by Crippen LogP contribution is -2.38. The summed E-state index contributed by atoms with van der Waals surface area (Å²) in [6, 6.07) is 9.86. The normalized spacial score (nSPS) is 11.2. The molecular formula is C22H28ClN3O2S2. The Morgan fingerprint density at radius 2 is 1.97 bits per heavy atom. The van der Waals surface area contributed by atoms with Gasteiger partial charge in [-0.15, -0.1) is 23.7 Å². The average molecular weight is 466 g/mol. The third kappa shape index (κ3) is 6.28. The van der Waals surface area contributed by atoms with Crippen LogP contribution in [0.2, 0.25) is 0 Å². The number of ether oxygens (including phenoxy) is 1. The van der Waals surface area contributed by atoms with Crippen LogP contribution in [0.15, 0.2) is 41.8 Å². The first-order chi connectivity index (χ1) is 14.1. The van der Waals surface area contributed by atoms with E-state index in [4.69, 9.17) is 9.72 Å². The number of aromatic nitrogens is 1. The van der Waals surface area contributed by atoms with Crippen molar-refractivity contribution in [2.75, 3.05) is 37.7 Å². The predicted octanol–water partition coefficient (Wildman–Crippen LogP) is 5.57. The highest BCUT2D eigenvalue weighted by molar-refractivity contribution is 7.22. The van der Waals surface area contributed by atoms with Gasteiger partial charge in [0.25, 0.3) is 5.91 Å². The van der Waals surface area contributed by atoms with Crippen molar-refractivity contribution < 1.29 is 9.53 Å². The fraction of sp³-hybridized carbons (Fsp3) is 0.364. The Labute approximate surface area is 192 Å². The van der Waals surface area contributed by atoms with Crippen LogP contribution in [0, 0.1) is 0 Å². The summed E-state index contributed by atoms with van der Waals surface area (Å²) >= 11 is 3.14. The average Bonchev–Trinajstić information content (AvgIpc) is 3.39. The van der Waals surface area contributed by atoms with Crippen molar-refractivity contribution >= 4 is 62.4 Å². The number of nitrogens with zero attached hydrogens (tertiary/aromatic N) is 3. The lowest BCUT2D eigenvalue weighted by molar-refractivity contribution is -0.114. The number of rotatable bonds is 10. The van der Waals surface area contributed by atoms with Crippen molar-refractivity contribution in [2.45, 2.75) is 20.8 Å². The summed E-state index contributed by atoms with van der Waals surface area (Å²) in [5.41, 5.74) is 0.885. The third-order valence-electron chi connectivity index (χ3n) is 4.62. The molecule has 8 heteroatoms. The Hall–Kier alpha value is -1.93. The standard InChI is InChI=1S/C22H27N3O2S2.ClH/c1-4-24(5-2)13-14-25(21(26)12-10-18-8-7-15-28-18)22-23-19-11-9-17(27-6-3)16-20(19)29-22;/h7-12,15-16H,4-6,13-14H2,1-3H3;1H/b12-10+;. The zero-order valence-electron chi connectivity index (χ0n) is 17.5. The number of carbonyl (C=O) groups is 1. The molecule has 0 bridgehead atoms. The van der Waals surface area contributed by atoms with Gasteiger partial charge in [-0.3, -0.25) is 9.69 Å². The maximum absolute atomic E-state index is 13.0. The topological polar surface area (TPSA) is 45.7 Å². The van der Waals surface area contributed by atoms with Gasteiger partial charge in [-0.25, -0.2) is 4.98 Å². The van der Waals surface area contributed by atoms with Crippen molar-refractivity contribution in [1.82, 2.24) is 9.88 Å². The number of halogens is 1. The molecule has 1 amide bonds. The van der Waals surface area contributed by atoms with Gasteiger partial charge in [-0.1, -0.05) is 31.3 Å². The summed E-state index contributed by atoms with van der Waals surface area (Å²) in [6.07, 6.45) is 3.52. The number of benzene rings is 1. The molecule has 30 heavy (non-hydrogen) atoms. The van der Waals surface area contributed by atoms with E-state index in [1.165, 1.54) is 11.3 Å². The second kappa shape index (κ2) is 12.1. The maximum atomic E-state index is 13.0. The molecule has 2 heterocycles. The second-order valence-corrected chi connectivity index (χ2v) is 8.41. The highest BCUT2D eigenvalue weighted by Gasteiger charge is 2.19. The molecule has 162 valence electrons. The van der Waals surface area contributed by atoms with Crippen LogP contribution < -0.4 is 9.64 Å². The number of thiazole rings is 1. The molecule has 2 aromatic heterocycles. The van der Waals surface area contributed by atoms with E-state index in [1.807, 2.05) is 48.7 Å². The van der Waals surface area contributed by atoms with Crippen LogP contribution in [-0.4, -0.2) is 48.6 Å². The smallest absolute Gasteiger partial charge is 0.252 e. The van der Waals surface area contributed by atoms with E-state index in [2.05, 4.69) is 18.7 Å². The van der Waals surface area contributed by atoms with Crippen LogP contribution in [0.4, 0.5) is 5.13 Å². The molecular weight excluding hydrogens is 438 g/mol. The zero-order valence-corrected chi connectivity index (χ0v) is 20.0. The maximum Gasteiger partial charge on any atom is 0.252 e. The van der Waals surface area contributed by atoms with Crippen LogP contribution in [-0.2, 0) is 4.79 Å². The van der Waals surface area contributed by atoms with Gasteiger partial charge in [0.15, 0.2) is 5.13 Å². The number of anilines is 1. The molecule has 3 aromatic rings. The molecule has 0 aliphatic carbocycles. The summed E-state index contributed by atoms with van der Waals surface area (Å²) in [4.78, 5) is 22.9. The number of hydrogen-bond acceptors (Lipinski definition) is 6. The summed E-state index contributed by atoms with van der Waals surface area (Å²) in [7, 11) is 0. The molecule has 0 atom stereocenters. The fourth-order valence-electron chi connectivity index (χ4n) is 2.98. The van der Waals surface area contributed by atoms with E-state index in [0.29, 0.717) is 13.2 Å². The minimum Gasteiger partial charge on any atom is -0.494 e. The van der Waals surface area contributed by atoms with Crippen LogP contribution in [0.5, 0.6) is 5.75 Å². The fourth-order valence-corrected chi connectivity index (χ4v) is 4.62. The van der Waals surface area contributed by atoms with E-state index in [9.17, 15) is 4.79 Å². The second-order valence-electron chi connectivity index (χ2n) is 6.42. The molecule has 0 spiro atoms. The largest absolute Gasteiger partial charge is 0.494 e. The molecule has 3 rings (SSSR count). The highest BCUT2D eigenvalue weighted by Crippen LogP contribution is 2.31. The van der Waals surface area contributed by atoms with Gasteiger partial charge in [-0.2, -0.15) is 0 Å². The molecule has 0 unspecified atom stereocenters. The van der Waals surface area contributed by atoms with Crippen LogP contribution in [0.25, 0.3) is 16.3 Å². The Kier molecular flexibility index (Phi) is 9.78. The van der Waals surface area contributed by atoms with Gasteiger partial charge in [0.2, 0.25) is 0 Å². The summed E-state index contributed by atoms with van der Waals surface area (Å²) in [6.45, 7) is 10.2. The van der Waals surface area contributed by atoms with Crippen molar-refractivity contribution in [3.63, 3.8) is 0 Å². The molecule has 1 aromatic carbocycles. The van der Waals surface area contributed by atoms with E-state index in [1.54, 1.807) is 22.3 Å². The first kappa shape index (κ1) is 24.3. The number of fused-ring (bicyclic) bond motifs is 1.